The van der Waals surface area contributed by atoms with E-state index in [1.807, 2.05) is 0 Å². The van der Waals surface area contributed by atoms with Gasteiger partial charge in [-0.2, -0.15) is 10.2 Å². The molecule has 0 aliphatic carbocycles. The van der Waals surface area contributed by atoms with Crippen LogP contribution in [0.1, 0.15) is 83.1 Å². The van der Waals surface area contributed by atoms with Gasteiger partial charge in [-0.25, -0.2) is 24.3 Å². The molecule has 0 atom stereocenters. The maximum Gasteiger partial charge on any atom is 0.519 e. The Bertz CT molecular complexity index is 2050. The van der Waals surface area contributed by atoms with Crippen LogP contribution in [0, 0.1) is 0 Å². The summed E-state index contributed by atoms with van der Waals surface area (Å²) in [6, 6.07) is 18.8. The normalized spacial score (nSPS) is 11.3. The van der Waals surface area contributed by atoms with Gasteiger partial charge < -0.3 is 33.5 Å². The van der Waals surface area contributed by atoms with E-state index in [4.69, 9.17) is 28.8 Å². The Morgan fingerprint density at radius 1 is 0.561 bits per heavy atom. The highest BCUT2D eigenvalue weighted by atomic mass is 16.8. The summed E-state index contributed by atoms with van der Waals surface area (Å²) >= 11 is 0. The zero-order valence-corrected chi connectivity index (χ0v) is 34.1. The van der Waals surface area contributed by atoms with Crippen molar-refractivity contribution in [2.24, 2.45) is 0 Å². The molecule has 17 heteroatoms. The van der Waals surface area contributed by atoms with Crippen LogP contribution in [0.4, 0.5) is 19.2 Å². The summed E-state index contributed by atoms with van der Waals surface area (Å²) in [6.07, 6.45) is -3.78. The van der Waals surface area contributed by atoms with E-state index >= 15 is 0 Å². The molecule has 0 saturated heterocycles. The first kappa shape index (κ1) is 46.6. The molecule has 57 heavy (non-hydrogen) atoms. The van der Waals surface area contributed by atoms with Crippen molar-refractivity contribution < 1.29 is 52.7 Å². The van der Waals surface area contributed by atoms with Gasteiger partial charge >= 0.3 is 24.6 Å². The Labute approximate surface area is 329 Å². The molecule has 4 rings (SSSR count). The number of aromatic amines is 1. The van der Waals surface area contributed by atoms with E-state index in [1.54, 1.807) is 138 Å². The SMILES string of the molecule is CC(C)(C)OC(=O)OC(=O)OC(C)(C)C.CC(C)(C)OC(=O)Oc1ccc(-c2ccc(=O)n(C(=O)OC(C)(C)C)n2)cc1.O=c1ccc(-c2ccc(O)cc2)n[nH]1. The summed E-state index contributed by atoms with van der Waals surface area (Å²) in [5.74, 6) is 0.497. The van der Waals surface area contributed by atoms with Crippen molar-refractivity contribution in [1.82, 2.24) is 20.0 Å². The van der Waals surface area contributed by atoms with Gasteiger partial charge in [0, 0.05) is 23.3 Å². The number of carbonyl (C=O) groups excluding carboxylic acids is 4. The molecule has 0 saturated carbocycles. The minimum Gasteiger partial charge on any atom is -0.508 e. The maximum atomic E-state index is 12.2. The lowest BCUT2D eigenvalue weighted by atomic mass is 10.1. The molecule has 2 aromatic carbocycles. The molecular formula is C40H50N4O13. The minimum atomic E-state index is -1.06. The monoisotopic (exact) mass is 794 g/mol. The minimum absolute atomic E-state index is 0.207. The standard InChI is InChI=1S/C20H24N2O6.C10H8N2O2.C10H18O5/c1-19(2,3)27-17(24)22-16(23)12-11-15(21-22)13-7-9-14(10-8-13)26-18(25)28-20(4,5)6;13-8-3-1-7(2-4-8)9-5-6-10(14)12-11-9;1-9(2,3)14-7(11)13-8(12)15-10(4,5)6/h7-12H,1-6H3;1-6,13H,(H,12,14);1-6H3. The Balaban J connectivity index is 0.000000325. The van der Waals surface area contributed by atoms with Crippen LogP contribution in [0.15, 0.2) is 82.4 Å². The second kappa shape index (κ2) is 19.4. The number of aromatic nitrogens is 4. The quantitative estimate of drug-likeness (QED) is 0.0866. The first-order valence-electron chi connectivity index (χ1n) is 17.4. The van der Waals surface area contributed by atoms with Crippen LogP contribution in [0.3, 0.4) is 0 Å². The van der Waals surface area contributed by atoms with Crippen molar-refractivity contribution in [3.63, 3.8) is 0 Å². The fourth-order valence-electron chi connectivity index (χ4n) is 3.81. The smallest absolute Gasteiger partial charge is 0.508 e. The van der Waals surface area contributed by atoms with Crippen molar-refractivity contribution in [2.45, 2.75) is 105 Å². The Hall–Kier alpha value is -6.52. The average Bonchev–Trinajstić information content (AvgIpc) is 3.03. The summed E-state index contributed by atoms with van der Waals surface area (Å²) < 4.78 is 29.9. The first-order valence-corrected chi connectivity index (χ1v) is 17.4. The molecule has 2 heterocycles. The van der Waals surface area contributed by atoms with Gasteiger partial charge in [-0.3, -0.25) is 9.59 Å². The summed E-state index contributed by atoms with van der Waals surface area (Å²) in [5, 5.41) is 19.3. The third-order valence-electron chi connectivity index (χ3n) is 5.90. The summed E-state index contributed by atoms with van der Waals surface area (Å²) in [6.45, 7) is 20.3. The lowest BCUT2D eigenvalue weighted by Crippen LogP contribution is -2.35. The fraction of sp³-hybridized carbons (Fsp3) is 0.400. The lowest BCUT2D eigenvalue weighted by molar-refractivity contribution is -0.0294. The van der Waals surface area contributed by atoms with Crippen molar-refractivity contribution >= 4 is 24.6 Å². The van der Waals surface area contributed by atoms with Crippen LogP contribution in [0.2, 0.25) is 0 Å². The van der Waals surface area contributed by atoms with Crippen LogP contribution in [0.5, 0.6) is 11.5 Å². The predicted octanol–water partition coefficient (Wildman–Crippen LogP) is 8.02. The highest BCUT2D eigenvalue weighted by Crippen LogP contribution is 2.22. The zero-order chi connectivity index (χ0) is 43.4. The number of H-pyrrole nitrogens is 1. The molecule has 17 nitrogen and oxygen atoms in total. The van der Waals surface area contributed by atoms with Gasteiger partial charge in [-0.05, 0) is 144 Å². The van der Waals surface area contributed by atoms with Crippen LogP contribution in [-0.2, 0) is 23.7 Å². The van der Waals surface area contributed by atoms with E-state index in [0.29, 0.717) is 27.4 Å². The maximum absolute atomic E-state index is 12.2. The molecule has 308 valence electrons. The molecule has 2 aromatic heterocycles. The molecular weight excluding hydrogens is 744 g/mol. The Morgan fingerprint density at radius 2 is 1.00 bits per heavy atom. The number of aromatic hydroxyl groups is 1. The highest BCUT2D eigenvalue weighted by molar-refractivity contribution is 5.77. The first-order chi connectivity index (χ1) is 26.1. The lowest BCUT2D eigenvalue weighted by Gasteiger charge is -2.20. The largest absolute Gasteiger partial charge is 0.519 e. The molecule has 4 aromatic rings. The predicted molar refractivity (Wildman–Crippen MR) is 208 cm³/mol. The molecule has 0 aliphatic heterocycles. The third-order valence-corrected chi connectivity index (χ3v) is 5.90. The second-order valence-corrected chi connectivity index (χ2v) is 15.9. The third kappa shape index (κ3) is 19.1. The van der Waals surface area contributed by atoms with E-state index in [-0.39, 0.29) is 11.3 Å². The second-order valence-electron chi connectivity index (χ2n) is 15.9. The molecule has 0 fully saturated rings. The average molecular weight is 795 g/mol. The van der Waals surface area contributed by atoms with Gasteiger partial charge in [0.25, 0.3) is 11.1 Å². The molecule has 2 N–H and O–H groups in total. The summed E-state index contributed by atoms with van der Waals surface area (Å²) in [5.41, 5.74) is -1.11. The number of phenols is 1. The van der Waals surface area contributed by atoms with E-state index in [1.165, 1.54) is 18.2 Å². The number of carbonyl (C=O) groups is 4. The van der Waals surface area contributed by atoms with E-state index in [2.05, 4.69) is 20.0 Å². The van der Waals surface area contributed by atoms with Gasteiger partial charge in [-0.15, -0.1) is 4.68 Å². The number of nitrogens with one attached hydrogen (secondary N) is 1. The number of ether oxygens (including phenoxy) is 6. The fourth-order valence-corrected chi connectivity index (χ4v) is 3.81. The topological polar surface area (TPSA) is 225 Å². The van der Waals surface area contributed by atoms with Gasteiger partial charge in [0.15, 0.2) is 0 Å². The molecule has 0 radical (unpaired) electrons. The number of hydrogen-bond acceptors (Lipinski definition) is 15. The summed E-state index contributed by atoms with van der Waals surface area (Å²) in [4.78, 5) is 68.6. The van der Waals surface area contributed by atoms with Crippen LogP contribution >= 0.6 is 0 Å². The van der Waals surface area contributed by atoms with E-state index in [0.717, 1.165) is 5.56 Å². The molecule has 0 unspecified atom stereocenters. The number of nitrogens with zero attached hydrogens (tertiary/aromatic N) is 3. The number of hydrogen-bond donors (Lipinski definition) is 2. The zero-order valence-electron chi connectivity index (χ0n) is 34.1. The van der Waals surface area contributed by atoms with Crippen molar-refractivity contribution in [2.75, 3.05) is 0 Å². The van der Waals surface area contributed by atoms with Crippen LogP contribution in [0.25, 0.3) is 22.5 Å². The number of benzene rings is 2. The molecule has 0 bridgehead atoms. The van der Waals surface area contributed by atoms with Crippen molar-refractivity contribution in [3.05, 3.63) is 93.5 Å². The van der Waals surface area contributed by atoms with E-state index < -0.39 is 52.5 Å². The van der Waals surface area contributed by atoms with Crippen molar-refractivity contribution in [1.29, 1.82) is 0 Å². The molecule has 0 amide bonds. The van der Waals surface area contributed by atoms with E-state index in [9.17, 15) is 28.8 Å². The number of rotatable bonds is 3. The number of phenolic OH excluding ortho intramolecular Hbond substituents is 1. The van der Waals surface area contributed by atoms with Gasteiger partial charge in [-0.1, -0.05) is 0 Å². The van der Waals surface area contributed by atoms with Crippen LogP contribution < -0.4 is 15.9 Å². The molecule has 0 aliphatic rings. The van der Waals surface area contributed by atoms with Gasteiger partial charge in [0.2, 0.25) is 0 Å². The van der Waals surface area contributed by atoms with Crippen molar-refractivity contribution in [3.8, 4) is 34.0 Å². The van der Waals surface area contributed by atoms with Gasteiger partial charge in [0.1, 0.15) is 33.9 Å². The summed E-state index contributed by atoms with van der Waals surface area (Å²) in [7, 11) is 0. The van der Waals surface area contributed by atoms with Crippen LogP contribution in [-0.4, -0.2) is 72.0 Å². The Kier molecular flexibility index (Phi) is 15.8. The van der Waals surface area contributed by atoms with Gasteiger partial charge in [0.05, 0.1) is 11.4 Å². The highest BCUT2D eigenvalue weighted by Gasteiger charge is 2.25. The Morgan fingerprint density at radius 3 is 1.46 bits per heavy atom. The molecule has 0 spiro atoms.